The molecule has 0 unspecified atom stereocenters. The monoisotopic (exact) mass is 228 g/mol. The molecule has 0 rings (SSSR count). The number of hydrogen-bond acceptors (Lipinski definition) is 2. The van der Waals surface area contributed by atoms with Crippen molar-refractivity contribution >= 4 is 5.91 Å². The van der Waals surface area contributed by atoms with E-state index in [1.54, 1.807) is 0 Å². The summed E-state index contributed by atoms with van der Waals surface area (Å²) in [5, 5.41) is 0. The van der Waals surface area contributed by atoms with E-state index in [0.717, 1.165) is 38.8 Å². The molecule has 0 aromatic rings. The molecule has 0 spiro atoms. The van der Waals surface area contributed by atoms with Crippen LogP contribution in [0.1, 0.15) is 53.4 Å². The lowest BCUT2D eigenvalue weighted by Gasteiger charge is -2.27. The summed E-state index contributed by atoms with van der Waals surface area (Å²) in [6.45, 7) is 9.89. The van der Waals surface area contributed by atoms with Gasteiger partial charge in [0.25, 0.3) is 0 Å². The van der Waals surface area contributed by atoms with Gasteiger partial charge >= 0.3 is 0 Å². The molecule has 1 amide bonds. The normalized spacial score (nSPS) is 14.6. The van der Waals surface area contributed by atoms with Crippen LogP contribution in [0.15, 0.2) is 0 Å². The Morgan fingerprint density at radius 1 is 1.12 bits per heavy atom. The van der Waals surface area contributed by atoms with Crippen LogP contribution in [0.25, 0.3) is 0 Å². The molecule has 0 aliphatic carbocycles. The maximum atomic E-state index is 12.1. The molecule has 0 heterocycles. The Morgan fingerprint density at radius 3 is 1.88 bits per heavy atom. The summed E-state index contributed by atoms with van der Waals surface area (Å²) in [5.41, 5.74) is 5.78. The van der Waals surface area contributed by atoms with Crippen molar-refractivity contribution < 1.29 is 4.79 Å². The zero-order valence-corrected chi connectivity index (χ0v) is 11.3. The Morgan fingerprint density at radius 2 is 1.56 bits per heavy atom. The van der Waals surface area contributed by atoms with Gasteiger partial charge in [0.1, 0.15) is 0 Å². The average molecular weight is 228 g/mol. The fraction of sp³-hybridized carbons (Fsp3) is 0.923. The van der Waals surface area contributed by atoms with E-state index in [2.05, 4.69) is 13.8 Å². The Bertz CT molecular complexity index is 184. The maximum absolute atomic E-state index is 12.1. The van der Waals surface area contributed by atoms with E-state index in [1.165, 1.54) is 0 Å². The second-order valence-corrected chi connectivity index (χ2v) is 4.68. The zero-order chi connectivity index (χ0) is 12.6. The van der Waals surface area contributed by atoms with Crippen LogP contribution in [0, 0.1) is 5.92 Å². The van der Waals surface area contributed by atoms with Crippen molar-refractivity contribution in [1.82, 2.24) is 4.90 Å². The third-order valence-corrected chi connectivity index (χ3v) is 3.05. The van der Waals surface area contributed by atoms with Crippen LogP contribution in [0.4, 0.5) is 0 Å². The minimum absolute atomic E-state index is 0.0572. The molecule has 0 aromatic heterocycles. The van der Waals surface area contributed by atoms with Gasteiger partial charge in [-0.3, -0.25) is 4.79 Å². The first-order chi connectivity index (χ1) is 7.54. The molecular formula is C13H28N2O. The van der Waals surface area contributed by atoms with Crippen LogP contribution in [0.3, 0.4) is 0 Å². The molecule has 2 atom stereocenters. The summed E-state index contributed by atoms with van der Waals surface area (Å²) in [6.07, 6.45) is 4.42. The molecule has 0 bridgehead atoms. The molecule has 0 aliphatic heterocycles. The van der Waals surface area contributed by atoms with E-state index < -0.39 is 0 Å². The van der Waals surface area contributed by atoms with Crippen LogP contribution in [-0.4, -0.2) is 29.9 Å². The van der Waals surface area contributed by atoms with Crippen LogP contribution < -0.4 is 5.73 Å². The first-order valence-electron chi connectivity index (χ1n) is 6.58. The number of carbonyl (C=O) groups is 1. The third-order valence-electron chi connectivity index (χ3n) is 3.05. The summed E-state index contributed by atoms with van der Waals surface area (Å²) in [4.78, 5) is 14.1. The quantitative estimate of drug-likeness (QED) is 0.693. The SMILES string of the molecule is CCCCN(CCCC)C(=O)[C@@H](C)[C@H](C)N. The lowest BCUT2D eigenvalue weighted by molar-refractivity contribution is -0.135. The number of rotatable bonds is 8. The number of hydrogen-bond donors (Lipinski definition) is 1. The highest BCUT2D eigenvalue weighted by molar-refractivity contribution is 5.79. The van der Waals surface area contributed by atoms with Gasteiger partial charge in [0.15, 0.2) is 0 Å². The minimum Gasteiger partial charge on any atom is -0.342 e. The second kappa shape index (κ2) is 8.57. The molecule has 0 saturated heterocycles. The molecule has 0 radical (unpaired) electrons. The van der Waals surface area contributed by atoms with Crippen molar-refractivity contribution in [3.05, 3.63) is 0 Å². The lowest BCUT2D eigenvalue weighted by Crippen LogP contribution is -2.42. The lowest BCUT2D eigenvalue weighted by atomic mass is 10.0. The van der Waals surface area contributed by atoms with Crippen molar-refractivity contribution in [2.24, 2.45) is 11.7 Å². The number of nitrogens with two attached hydrogens (primary N) is 1. The van der Waals surface area contributed by atoms with Gasteiger partial charge in [0.2, 0.25) is 5.91 Å². The van der Waals surface area contributed by atoms with Gasteiger partial charge in [0, 0.05) is 19.1 Å². The van der Waals surface area contributed by atoms with Gasteiger partial charge in [-0.1, -0.05) is 33.6 Å². The molecule has 3 nitrogen and oxygen atoms in total. The van der Waals surface area contributed by atoms with Crippen molar-refractivity contribution in [2.45, 2.75) is 59.4 Å². The van der Waals surface area contributed by atoms with E-state index in [4.69, 9.17) is 5.73 Å². The van der Waals surface area contributed by atoms with Crippen LogP contribution >= 0.6 is 0 Å². The van der Waals surface area contributed by atoms with Gasteiger partial charge < -0.3 is 10.6 Å². The number of amides is 1. The summed E-state index contributed by atoms with van der Waals surface area (Å²) in [5.74, 6) is 0.158. The topological polar surface area (TPSA) is 46.3 Å². The first-order valence-corrected chi connectivity index (χ1v) is 6.58. The second-order valence-electron chi connectivity index (χ2n) is 4.68. The van der Waals surface area contributed by atoms with Gasteiger partial charge in [-0.2, -0.15) is 0 Å². The Hall–Kier alpha value is -0.570. The number of carbonyl (C=O) groups excluding carboxylic acids is 1. The summed E-state index contributed by atoms with van der Waals surface area (Å²) < 4.78 is 0. The number of unbranched alkanes of at least 4 members (excludes halogenated alkanes) is 2. The highest BCUT2D eigenvalue weighted by Crippen LogP contribution is 2.09. The van der Waals surface area contributed by atoms with Crippen molar-refractivity contribution in [3.63, 3.8) is 0 Å². The first kappa shape index (κ1) is 15.4. The maximum Gasteiger partial charge on any atom is 0.226 e. The van der Waals surface area contributed by atoms with Gasteiger partial charge in [0.05, 0.1) is 5.92 Å². The molecule has 0 aliphatic rings. The Kier molecular flexibility index (Phi) is 8.26. The van der Waals surface area contributed by atoms with Crippen LogP contribution in [0.5, 0.6) is 0 Å². The standard InChI is InChI=1S/C13H28N2O/c1-5-7-9-15(10-8-6-2)13(16)11(3)12(4)14/h11-12H,5-10,14H2,1-4H3/t11-,12-/m0/s1. The molecular weight excluding hydrogens is 200 g/mol. The highest BCUT2D eigenvalue weighted by atomic mass is 16.2. The minimum atomic E-state index is -0.0614. The number of nitrogens with zero attached hydrogens (tertiary/aromatic N) is 1. The van der Waals surface area contributed by atoms with Gasteiger partial charge in [-0.05, 0) is 19.8 Å². The third kappa shape index (κ3) is 5.50. The predicted molar refractivity (Wildman–Crippen MR) is 69.2 cm³/mol. The van der Waals surface area contributed by atoms with E-state index in [9.17, 15) is 4.79 Å². The smallest absolute Gasteiger partial charge is 0.226 e. The van der Waals surface area contributed by atoms with E-state index in [1.807, 2.05) is 18.7 Å². The molecule has 0 saturated carbocycles. The largest absolute Gasteiger partial charge is 0.342 e. The fourth-order valence-corrected chi connectivity index (χ4v) is 1.54. The molecule has 0 aromatic carbocycles. The average Bonchev–Trinajstić information content (AvgIpc) is 2.27. The zero-order valence-electron chi connectivity index (χ0n) is 11.3. The summed E-state index contributed by atoms with van der Waals surface area (Å²) in [7, 11) is 0. The molecule has 3 heteroatoms. The van der Waals surface area contributed by atoms with E-state index in [0.29, 0.717) is 0 Å². The predicted octanol–water partition coefficient (Wildman–Crippen LogP) is 2.40. The van der Waals surface area contributed by atoms with Crippen molar-refractivity contribution in [1.29, 1.82) is 0 Å². The molecule has 96 valence electrons. The fourth-order valence-electron chi connectivity index (χ4n) is 1.54. The summed E-state index contributed by atoms with van der Waals surface area (Å²) >= 11 is 0. The van der Waals surface area contributed by atoms with Crippen LogP contribution in [-0.2, 0) is 4.79 Å². The van der Waals surface area contributed by atoms with Gasteiger partial charge in [-0.15, -0.1) is 0 Å². The van der Waals surface area contributed by atoms with Crippen LogP contribution in [0.2, 0.25) is 0 Å². The van der Waals surface area contributed by atoms with E-state index in [-0.39, 0.29) is 17.9 Å². The summed E-state index contributed by atoms with van der Waals surface area (Å²) in [6, 6.07) is -0.0572. The van der Waals surface area contributed by atoms with Crippen molar-refractivity contribution in [3.8, 4) is 0 Å². The Balaban J connectivity index is 4.29. The molecule has 2 N–H and O–H groups in total. The molecule has 0 fully saturated rings. The molecule has 16 heavy (non-hydrogen) atoms. The van der Waals surface area contributed by atoms with Gasteiger partial charge in [-0.25, -0.2) is 0 Å². The van der Waals surface area contributed by atoms with E-state index >= 15 is 0 Å². The van der Waals surface area contributed by atoms with Crippen molar-refractivity contribution in [2.75, 3.05) is 13.1 Å². The highest BCUT2D eigenvalue weighted by Gasteiger charge is 2.22. The Labute approximate surface area is 100 Å².